The summed E-state index contributed by atoms with van der Waals surface area (Å²) in [5.41, 5.74) is 3.44. The molecule has 1 aromatic carbocycles. The van der Waals surface area contributed by atoms with E-state index in [-0.39, 0.29) is 12.5 Å². The minimum absolute atomic E-state index is 0.000994. The third-order valence-corrected chi connectivity index (χ3v) is 5.30. The van der Waals surface area contributed by atoms with Gasteiger partial charge in [-0.2, -0.15) is 0 Å². The van der Waals surface area contributed by atoms with Crippen molar-refractivity contribution in [2.75, 3.05) is 50.1 Å². The summed E-state index contributed by atoms with van der Waals surface area (Å²) in [6, 6.07) is 9.97. The highest BCUT2D eigenvalue weighted by molar-refractivity contribution is 5.91. The smallest absolute Gasteiger partial charge is 0.262 e. The summed E-state index contributed by atoms with van der Waals surface area (Å²) in [7, 11) is 2.13. The quantitative estimate of drug-likeness (QED) is 0.880. The molecule has 1 N–H and O–H groups in total. The summed E-state index contributed by atoms with van der Waals surface area (Å²) in [6.07, 6.45) is 5.16. The fraction of sp³-hybridized carbons (Fsp3) is 0.429. The van der Waals surface area contributed by atoms with E-state index < -0.39 is 0 Å². The number of benzene rings is 1. The molecular formula is C21H26N4O2. The molecule has 2 aliphatic rings. The largest absolute Gasteiger partial charge is 0.484 e. The lowest BCUT2D eigenvalue weighted by atomic mass is 10.1. The van der Waals surface area contributed by atoms with Gasteiger partial charge in [0.1, 0.15) is 11.6 Å². The average molecular weight is 366 g/mol. The molecule has 4 rings (SSSR count). The minimum Gasteiger partial charge on any atom is -0.484 e. The van der Waals surface area contributed by atoms with Crippen molar-refractivity contribution < 1.29 is 9.53 Å². The van der Waals surface area contributed by atoms with Crippen molar-refractivity contribution in [1.82, 2.24) is 9.88 Å². The molecule has 27 heavy (non-hydrogen) atoms. The number of likely N-dealkylation sites (N-methyl/N-ethyl adjacent to an activating group) is 1. The molecular weight excluding hydrogens is 340 g/mol. The maximum absolute atomic E-state index is 12.2. The van der Waals surface area contributed by atoms with Gasteiger partial charge in [-0.25, -0.2) is 4.98 Å². The first-order chi connectivity index (χ1) is 13.2. The molecule has 0 unspecified atom stereocenters. The molecule has 1 aromatic heterocycles. The van der Waals surface area contributed by atoms with Gasteiger partial charge in [-0.3, -0.25) is 4.79 Å². The lowest BCUT2D eigenvalue weighted by molar-refractivity contribution is -0.118. The van der Waals surface area contributed by atoms with Gasteiger partial charge >= 0.3 is 0 Å². The summed E-state index contributed by atoms with van der Waals surface area (Å²) in [6.45, 7) is 4.03. The third-order valence-electron chi connectivity index (χ3n) is 5.30. The second-order valence-electron chi connectivity index (χ2n) is 7.32. The Hall–Kier alpha value is -2.60. The minimum atomic E-state index is -0.176. The zero-order valence-electron chi connectivity index (χ0n) is 15.8. The number of aryl methyl sites for hydroxylation is 2. The van der Waals surface area contributed by atoms with E-state index in [0.29, 0.717) is 5.69 Å². The Balaban J connectivity index is 1.28. The van der Waals surface area contributed by atoms with Gasteiger partial charge in [-0.1, -0.05) is 6.07 Å². The van der Waals surface area contributed by atoms with Gasteiger partial charge in [-0.05, 0) is 61.7 Å². The monoisotopic (exact) mass is 366 g/mol. The third kappa shape index (κ3) is 4.39. The Kier molecular flexibility index (Phi) is 5.25. The topological polar surface area (TPSA) is 57.7 Å². The lowest BCUT2D eigenvalue weighted by Gasteiger charge is -2.33. The van der Waals surface area contributed by atoms with Crippen molar-refractivity contribution >= 4 is 17.4 Å². The second-order valence-corrected chi connectivity index (χ2v) is 7.32. The number of amides is 1. The summed E-state index contributed by atoms with van der Waals surface area (Å²) in [4.78, 5) is 21.2. The van der Waals surface area contributed by atoms with E-state index in [1.165, 1.54) is 17.5 Å². The standard InChI is InChI=1S/C21H26N4O2/c1-24-9-11-25(12-10-24)20-8-6-18(14-22-20)23-21(26)15-27-19-7-5-16-3-2-4-17(16)13-19/h5-8,13-14H,2-4,9-12,15H2,1H3,(H,23,26). The van der Waals surface area contributed by atoms with Gasteiger partial charge < -0.3 is 19.9 Å². The van der Waals surface area contributed by atoms with Gasteiger partial charge in [0.2, 0.25) is 0 Å². The Morgan fingerprint density at radius 2 is 1.93 bits per heavy atom. The van der Waals surface area contributed by atoms with Crippen LogP contribution in [0.4, 0.5) is 11.5 Å². The molecule has 1 aliphatic carbocycles. The molecule has 0 bridgehead atoms. The van der Waals surface area contributed by atoms with Crippen LogP contribution < -0.4 is 15.0 Å². The summed E-state index contributed by atoms with van der Waals surface area (Å²) >= 11 is 0. The molecule has 1 fully saturated rings. The fourth-order valence-electron chi connectivity index (χ4n) is 3.67. The number of rotatable bonds is 5. The number of nitrogens with one attached hydrogen (secondary N) is 1. The molecule has 0 atom stereocenters. The van der Waals surface area contributed by atoms with Crippen LogP contribution in [0.5, 0.6) is 5.75 Å². The van der Waals surface area contributed by atoms with Gasteiger partial charge in [0, 0.05) is 26.2 Å². The number of hydrogen-bond donors (Lipinski definition) is 1. The second kappa shape index (κ2) is 7.96. The number of piperazine rings is 1. The summed E-state index contributed by atoms with van der Waals surface area (Å²) in [5.74, 6) is 1.54. The number of anilines is 2. The first kappa shape index (κ1) is 17.8. The Bertz CT molecular complexity index is 798. The lowest BCUT2D eigenvalue weighted by Crippen LogP contribution is -2.44. The fourth-order valence-corrected chi connectivity index (χ4v) is 3.67. The van der Waals surface area contributed by atoms with E-state index >= 15 is 0 Å². The van der Waals surface area contributed by atoms with Crippen molar-refractivity contribution in [3.05, 3.63) is 47.7 Å². The SMILES string of the molecule is CN1CCN(c2ccc(NC(=O)COc3ccc4c(c3)CCC4)cn2)CC1. The van der Waals surface area contributed by atoms with E-state index in [1.807, 2.05) is 18.2 Å². The Labute approximate surface area is 160 Å². The van der Waals surface area contributed by atoms with Crippen LogP contribution in [-0.2, 0) is 17.6 Å². The predicted molar refractivity (Wildman–Crippen MR) is 107 cm³/mol. The summed E-state index contributed by atoms with van der Waals surface area (Å²) in [5, 5.41) is 2.85. The van der Waals surface area contributed by atoms with Gasteiger partial charge in [-0.15, -0.1) is 0 Å². The number of fused-ring (bicyclic) bond motifs is 1. The van der Waals surface area contributed by atoms with Gasteiger partial charge in [0.15, 0.2) is 6.61 Å². The van der Waals surface area contributed by atoms with Crippen LogP contribution in [0.2, 0.25) is 0 Å². The van der Waals surface area contributed by atoms with E-state index in [4.69, 9.17) is 4.74 Å². The molecule has 1 amide bonds. The number of ether oxygens (including phenoxy) is 1. The predicted octanol–water partition coefficient (Wildman–Crippen LogP) is 2.34. The molecule has 1 saturated heterocycles. The molecule has 2 heterocycles. The van der Waals surface area contributed by atoms with Crippen LogP contribution in [-0.4, -0.2) is 55.6 Å². The van der Waals surface area contributed by atoms with Crippen molar-refractivity contribution in [1.29, 1.82) is 0 Å². The zero-order valence-corrected chi connectivity index (χ0v) is 15.8. The van der Waals surface area contributed by atoms with Crippen molar-refractivity contribution in [3.63, 3.8) is 0 Å². The van der Waals surface area contributed by atoms with Crippen molar-refractivity contribution in [2.45, 2.75) is 19.3 Å². The van der Waals surface area contributed by atoms with Gasteiger partial charge in [0.05, 0.1) is 11.9 Å². The molecule has 6 heteroatoms. The van der Waals surface area contributed by atoms with Crippen molar-refractivity contribution in [3.8, 4) is 5.75 Å². The first-order valence-corrected chi connectivity index (χ1v) is 9.61. The van der Waals surface area contributed by atoms with Crippen LogP contribution in [0.1, 0.15) is 17.5 Å². The molecule has 0 saturated carbocycles. The molecule has 1 aliphatic heterocycles. The van der Waals surface area contributed by atoms with Crippen LogP contribution in [0, 0.1) is 0 Å². The molecule has 2 aromatic rings. The average Bonchev–Trinajstić information content (AvgIpc) is 3.15. The number of pyridine rings is 1. The molecule has 6 nitrogen and oxygen atoms in total. The number of carbonyl (C=O) groups excluding carboxylic acids is 1. The van der Waals surface area contributed by atoms with E-state index in [9.17, 15) is 4.79 Å². The molecule has 142 valence electrons. The number of aromatic nitrogens is 1. The highest BCUT2D eigenvalue weighted by Crippen LogP contribution is 2.26. The summed E-state index contributed by atoms with van der Waals surface area (Å²) < 4.78 is 5.65. The highest BCUT2D eigenvalue weighted by Gasteiger charge is 2.15. The van der Waals surface area contributed by atoms with Crippen LogP contribution in [0.25, 0.3) is 0 Å². The van der Waals surface area contributed by atoms with Crippen LogP contribution in [0.15, 0.2) is 36.5 Å². The van der Waals surface area contributed by atoms with Crippen LogP contribution >= 0.6 is 0 Å². The molecule has 0 spiro atoms. The Morgan fingerprint density at radius 1 is 1.11 bits per heavy atom. The zero-order chi connectivity index (χ0) is 18.6. The van der Waals surface area contributed by atoms with Crippen LogP contribution in [0.3, 0.4) is 0 Å². The van der Waals surface area contributed by atoms with E-state index in [1.54, 1.807) is 6.20 Å². The highest BCUT2D eigenvalue weighted by atomic mass is 16.5. The Morgan fingerprint density at radius 3 is 2.70 bits per heavy atom. The first-order valence-electron chi connectivity index (χ1n) is 9.61. The maximum Gasteiger partial charge on any atom is 0.262 e. The van der Waals surface area contributed by atoms with Gasteiger partial charge in [0.25, 0.3) is 5.91 Å². The molecule has 0 radical (unpaired) electrons. The number of carbonyl (C=O) groups is 1. The number of hydrogen-bond acceptors (Lipinski definition) is 5. The van der Waals surface area contributed by atoms with E-state index in [2.05, 4.69) is 39.3 Å². The maximum atomic E-state index is 12.2. The number of nitrogens with zero attached hydrogens (tertiary/aromatic N) is 3. The van der Waals surface area contributed by atoms with E-state index in [0.717, 1.165) is 50.6 Å². The normalized spacial score (nSPS) is 16.9. The van der Waals surface area contributed by atoms with Crippen molar-refractivity contribution in [2.24, 2.45) is 0 Å².